The monoisotopic (exact) mass is 308 g/mol. The molecular formula is C14H17FN4OS. The molecule has 2 aromatic rings. The van der Waals surface area contributed by atoms with Crippen LogP contribution >= 0.6 is 11.8 Å². The highest BCUT2D eigenvalue weighted by atomic mass is 32.2. The van der Waals surface area contributed by atoms with Crippen molar-refractivity contribution in [2.45, 2.75) is 24.9 Å². The number of thioether (sulfide) groups is 1. The molecule has 112 valence electrons. The van der Waals surface area contributed by atoms with Gasteiger partial charge in [0.05, 0.1) is 5.75 Å². The third-order valence-electron chi connectivity index (χ3n) is 2.83. The van der Waals surface area contributed by atoms with Crippen molar-refractivity contribution in [1.29, 1.82) is 0 Å². The second-order valence-corrected chi connectivity index (χ2v) is 5.84. The molecule has 1 aromatic heterocycles. The van der Waals surface area contributed by atoms with Crippen LogP contribution in [0.15, 0.2) is 29.4 Å². The second-order valence-electron chi connectivity index (χ2n) is 4.90. The van der Waals surface area contributed by atoms with E-state index in [-0.39, 0.29) is 23.4 Å². The van der Waals surface area contributed by atoms with E-state index in [2.05, 4.69) is 15.5 Å². The quantitative estimate of drug-likeness (QED) is 0.863. The van der Waals surface area contributed by atoms with Crippen LogP contribution in [0, 0.1) is 5.82 Å². The van der Waals surface area contributed by atoms with Crippen LogP contribution in [0.25, 0.3) is 0 Å². The van der Waals surface area contributed by atoms with Crippen molar-refractivity contribution in [3.63, 3.8) is 0 Å². The fourth-order valence-corrected chi connectivity index (χ4v) is 2.57. The SMILES string of the molecule is CC(C)c1nnc(SCC(=O)Nc2cccc(F)c2)n1C. The summed E-state index contributed by atoms with van der Waals surface area (Å²) in [6.45, 7) is 4.07. The van der Waals surface area contributed by atoms with Crippen LogP contribution in [0.5, 0.6) is 0 Å². The Bertz CT molecular complexity index is 642. The molecule has 0 spiro atoms. The lowest BCUT2D eigenvalue weighted by Crippen LogP contribution is -2.14. The largest absolute Gasteiger partial charge is 0.325 e. The number of anilines is 1. The fraction of sp³-hybridized carbons (Fsp3) is 0.357. The van der Waals surface area contributed by atoms with E-state index >= 15 is 0 Å². The first-order valence-corrected chi connectivity index (χ1v) is 7.53. The number of hydrogen-bond donors (Lipinski definition) is 1. The van der Waals surface area contributed by atoms with Crippen molar-refractivity contribution < 1.29 is 9.18 Å². The van der Waals surface area contributed by atoms with Crippen LogP contribution in [-0.2, 0) is 11.8 Å². The van der Waals surface area contributed by atoms with E-state index in [1.54, 1.807) is 12.1 Å². The predicted octanol–water partition coefficient (Wildman–Crippen LogP) is 2.81. The van der Waals surface area contributed by atoms with Gasteiger partial charge in [0, 0.05) is 18.7 Å². The first kappa shape index (κ1) is 15.5. The van der Waals surface area contributed by atoms with Gasteiger partial charge in [0.25, 0.3) is 0 Å². The minimum absolute atomic E-state index is 0.195. The van der Waals surface area contributed by atoms with Gasteiger partial charge < -0.3 is 9.88 Å². The summed E-state index contributed by atoms with van der Waals surface area (Å²) in [6.07, 6.45) is 0. The topological polar surface area (TPSA) is 59.8 Å². The van der Waals surface area contributed by atoms with Crippen LogP contribution in [-0.4, -0.2) is 26.4 Å². The summed E-state index contributed by atoms with van der Waals surface area (Å²) < 4.78 is 14.9. The molecule has 0 radical (unpaired) electrons. The molecule has 0 saturated carbocycles. The first-order chi connectivity index (χ1) is 9.97. The Kier molecular flexibility index (Phi) is 4.95. The number of hydrogen-bond acceptors (Lipinski definition) is 4. The molecule has 0 aliphatic carbocycles. The lowest BCUT2D eigenvalue weighted by molar-refractivity contribution is -0.113. The van der Waals surface area contributed by atoms with Gasteiger partial charge in [-0.3, -0.25) is 4.79 Å². The number of nitrogens with zero attached hydrogens (tertiary/aromatic N) is 3. The Hall–Kier alpha value is -1.89. The Balaban J connectivity index is 1.92. The number of amides is 1. The van der Waals surface area contributed by atoms with Crippen LogP contribution in [0.3, 0.4) is 0 Å². The maximum absolute atomic E-state index is 13.0. The van der Waals surface area contributed by atoms with E-state index in [9.17, 15) is 9.18 Å². The van der Waals surface area contributed by atoms with Crippen LogP contribution in [0.1, 0.15) is 25.6 Å². The van der Waals surface area contributed by atoms with Gasteiger partial charge in [-0.25, -0.2) is 4.39 Å². The van der Waals surface area contributed by atoms with Crippen LogP contribution in [0.4, 0.5) is 10.1 Å². The number of rotatable bonds is 5. The van der Waals surface area contributed by atoms with E-state index in [4.69, 9.17) is 0 Å². The highest BCUT2D eigenvalue weighted by Crippen LogP contribution is 2.20. The molecular weight excluding hydrogens is 291 g/mol. The molecule has 1 heterocycles. The molecule has 1 aromatic carbocycles. The van der Waals surface area contributed by atoms with Crippen molar-refractivity contribution >= 4 is 23.4 Å². The zero-order chi connectivity index (χ0) is 15.4. The van der Waals surface area contributed by atoms with Crippen LogP contribution < -0.4 is 5.32 Å². The summed E-state index contributed by atoms with van der Waals surface area (Å²) >= 11 is 1.30. The van der Waals surface area contributed by atoms with Crippen molar-refractivity contribution in [1.82, 2.24) is 14.8 Å². The summed E-state index contributed by atoms with van der Waals surface area (Å²) in [5.74, 6) is 0.761. The normalized spacial score (nSPS) is 10.9. The molecule has 1 amide bonds. The molecule has 0 atom stereocenters. The molecule has 0 aliphatic rings. The van der Waals surface area contributed by atoms with Crippen molar-refractivity contribution in [3.8, 4) is 0 Å². The molecule has 0 aliphatic heterocycles. The summed E-state index contributed by atoms with van der Waals surface area (Å²) in [4.78, 5) is 11.8. The van der Waals surface area contributed by atoms with E-state index in [1.807, 2.05) is 25.5 Å². The fourth-order valence-electron chi connectivity index (χ4n) is 1.85. The summed E-state index contributed by atoms with van der Waals surface area (Å²) in [6, 6.07) is 5.81. The third-order valence-corrected chi connectivity index (χ3v) is 3.85. The average molecular weight is 308 g/mol. The number of aromatic nitrogens is 3. The number of carbonyl (C=O) groups is 1. The number of halogens is 1. The van der Waals surface area contributed by atoms with Crippen molar-refractivity contribution in [3.05, 3.63) is 35.9 Å². The Labute approximate surface area is 127 Å². The lowest BCUT2D eigenvalue weighted by atomic mass is 10.2. The smallest absolute Gasteiger partial charge is 0.234 e. The Morgan fingerprint density at radius 3 is 2.81 bits per heavy atom. The highest BCUT2D eigenvalue weighted by Gasteiger charge is 2.13. The molecule has 7 heteroatoms. The Morgan fingerprint density at radius 2 is 2.19 bits per heavy atom. The van der Waals surface area contributed by atoms with Gasteiger partial charge in [-0.15, -0.1) is 10.2 Å². The molecule has 0 saturated heterocycles. The van der Waals surface area contributed by atoms with E-state index in [0.717, 1.165) is 5.82 Å². The average Bonchev–Trinajstić information content (AvgIpc) is 2.78. The van der Waals surface area contributed by atoms with Gasteiger partial charge in [-0.2, -0.15) is 0 Å². The van der Waals surface area contributed by atoms with E-state index in [1.165, 1.54) is 23.9 Å². The lowest BCUT2D eigenvalue weighted by Gasteiger charge is -2.06. The predicted molar refractivity (Wildman–Crippen MR) is 80.8 cm³/mol. The minimum atomic E-state index is -0.379. The van der Waals surface area contributed by atoms with Crippen molar-refractivity contribution in [2.75, 3.05) is 11.1 Å². The van der Waals surface area contributed by atoms with Gasteiger partial charge in [0.15, 0.2) is 5.16 Å². The minimum Gasteiger partial charge on any atom is -0.325 e. The molecule has 5 nitrogen and oxygen atoms in total. The van der Waals surface area contributed by atoms with Gasteiger partial charge in [-0.1, -0.05) is 31.7 Å². The van der Waals surface area contributed by atoms with E-state index < -0.39 is 0 Å². The number of benzene rings is 1. The molecule has 1 N–H and O–H groups in total. The highest BCUT2D eigenvalue weighted by molar-refractivity contribution is 7.99. The van der Waals surface area contributed by atoms with Gasteiger partial charge in [0.2, 0.25) is 5.91 Å². The maximum atomic E-state index is 13.0. The zero-order valence-corrected chi connectivity index (χ0v) is 12.9. The molecule has 0 unspecified atom stereocenters. The van der Waals surface area contributed by atoms with Gasteiger partial charge in [-0.05, 0) is 18.2 Å². The van der Waals surface area contributed by atoms with Gasteiger partial charge >= 0.3 is 0 Å². The summed E-state index contributed by atoms with van der Waals surface area (Å²) in [5, 5.41) is 11.5. The van der Waals surface area contributed by atoms with E-state index in [0.29, 0.717) is 10.8 Å². The molecule has 0 bridgehead atoms. The number of nitrogens with one attached hydrogen (secondary N) is 1. The Morgan fingerprint density at radius 1 is 1.43 bits per heavy atom. The molecule has 21 heavy (non-hydrogen) atoms. The summed E-state index contributed by atoms with van der Waals surface area (Å²) in [5.41, 5.74) is 0.446. The van der Waals surface area contributed by atoms with Crippen molar-refractivity contribution in [2.24, 2.45) is 7.05 Å². The third kappa shape index (κ3) is 4.04. The maximum Gasteiger partial charge on any atom is 0.234 e. The standard InChI is InChI=1S/C14H17FN4OS/c1-9(2)13-17-18-14(19(13)3)21-8-12(20)16-11-6-4-5-10(15)7-11/h4-7,9H,8H2,1-3H3,(H,16,20). The summed E-state index contributed by atoms with van der Waals surface area (Å²) in [7, 11) is 1.88. The van der Waals surface area contributed by atoms with Gasteiger partial charge in [0.1, 0.15) is 11.6 Å². The second kappa shape index (κ2) is 6.71. The zero-order valence-electron chi connectivity index (χ0n) is 12.1. The molecule has 0 fully saturated rings. The first-order valence-electron chi connectivity index (χ1n) is 6.55. The molecule has 2 rings (SSSR count). The van der Waals surface area contributed by atoms with Crippen LogP contribution in [0.2, 0.25) is 0 Å². The number of carbonyl (C=O) groups excluding carboxylic acids is 1.